The number of hydrogen-bond donors (Lipinski definition) is 1. The number of alkyl halides is 3. The van der Waals surface area contributed by atoms with Crippen molar-refractivity contribution in [2.45, 2.75) is 18.7 Å². The summed E-state index contributed by atoms with van der Waals surface area (Å²) in [7, 11) is 0.935. The van der Waals surface area contributed by atoms with E-state index in [4.69, 9.17) is 4.74 Å². The van der Waals surface area contributed by atoms with E-state index >= 15 is 0 Å². The van der Waals surface area contributed by atoms with Crippen LogP contribution in [0.5, 0.6) is 5.75 Å². The number of fused-ring (bicyclic) bond motifs is 1. The second-order valence-corrected chi connectivity index (χ2v) is 7.01. The number of ether oxygens (including phenoxy) is 2. The third-order valence-electron chi connectivity index (χ3n) is 4.27. The van der Waals surface area contributed by atoms with E-state index in [1.165, 1.54) is 19.1 Å². The van der Waals surface area contributed by atoms with Crippen LogP contribution in [0.4, 0.5) is 23.2 Å². The Balaban J connectivity index is 2.17. The second-order valence-electron chi connectivity index (χ2n) is 6.10. The number of anilines is 1. The molecule has 1 N–H and O–H groups in total. The van der Waals surface area contributed by atoms with E-state index in [0.29, 0.717) is 10.5 Å². The number of esters is 1. The Morgan fingerprint density at radius 3 is 2.54 bits per heavy atom. The van der Waals surface area contributed by atoms with Crippen LogP contribution in [0.3, 0.4) is 0 Å². The molecule has 0 radical (unpaired) electrons. The van der Waals surface area contributed by atoms with E-state index in [0.717, 1.165) is 19.2 Å². The Bertz CT molecular complexity index is 992. The van der Waals surface area contributed by atoms with Crippen LogP contribution in [-0.4, -0.2) is 19.0 Å². The SMILES string of the molecule is COC(=O)c1cc2c(cc1C(F)(F)F)OC(C)(c1cc(Br)ccc1F)C(=O)N2. The molecule has 1 atom stereocenters. The predicted molar refractivity (Wildman–Crippen MR) is 93.5 cm³/mol. The largest absolute Gasteiger partial charge is 0.471 e. The van der Waals surface area contributed by atoms with Gasteiger partial charge in [-0.05, 0) is 37.3 Å². The van der Waals surface area contributed by atoms with Crippen LogP contribution in [0, 0.1) is 5.82 Å². The predicted octanol–water partition coefficient (Wildman–Crippen LogP) is 4.64. The van der Waals surface area contributed by atoms with Crippen molar-refractivity contribution >= 4 is 33.5 Å². The van der Waals surface area contributed by atoms with Crippen molar-refractivity contribution in [3.8, 4) is 5.75 Å². The summed E-state index contributed by atoms with van der Waals surface area (Å²) >= 11 is 3.16. The summed E-state index contributed by atoms with van der Waals surface area (Å²) in [6.45, 7) is 1.23. The Morgan fingerprint density at radius 1 is 1.25 bits per heavy atom. The van der Waals surface area contributed by atoms with Crippen molar-refractivity contribution in [2.24, 2.45) is 0 Å². The quantitative estimate of drug-likeness (QED) is 0.522. The fourth-order valence-corrected chi connectivity index (χ4v) is 3.18. The molecule has 10 heteroatoms. The first-order chi connectivity index (χ1) is 13.0. The van der Waals surface area contributed by atoms with Crippen molar-refractivity contribution < 1.29 is 36.6 Å². The number of methoxy groups -OCH3 is 1. The highest BCUT2D eigenvalue weighted by atomic mass is 79.9. The van der Waals surface area contributed by atoms with Crippen molar-refractivity contribution in [3.05, 3.63) is 57.3 Å². The van der Waals surface area contributed by atoms with Crippen molar-refractivity contribution in [1.29, 1.82) is 0 Å². The molecule has 5 nitrogen and oxygen atoms in total. The monoisotopic (exact) mass is 461 g/mol. The zero-order valence-electron chi connectivity index (χ0n) is 14.4. The fourth-order valence-electron chi connectivity index (χ4n) is 2.82. The highest BCUT2D eigenvalue weighted by Crippen LogP contribution is 2.44. The van der Waals surface area contributed by atoms with Crippen molar-refractivity contribution in [2.75, 3.05) is 12.4 Å². The molecule has 28 heavy (non-hydrogen) atoms. The van der Waals surface area contributed by atoms with Gasteiger partial charge in [0, 0.05) is 10.0 Å². The zero-order valence-corrected chi connectivity index (χ0v) is 16.0. The number of nitrogens with one attached hydrogen (secondary N) is 1. The summed E-state index contributed by atoms with van der Waals surface area (Å²) in [5.74, 6) is -3.17. The maximum Gasteiger partial charge on any atom is 0.417 e. The lowest BCUT2D eigenvalue weighted by molar-refractivity contribution is -0.138. The molecule has 0 saturated carbocycles. The molecule has 0 saturated heterocycles. The van der Waals surface area contributed by atoms with Gasteiger partial charge in [0.25, 0.3) is 5.91 Å². The number of benzene rings is 2. The van der Waals surface area contributed by atoms with Gasteiger partial charge in [0.1, 0.15) is 11.6 Å². The van der Waals surface area contributed by atoms with E-state index in [1.54, 1.807) is 0 Å². The summed E-state index contributed by atoms with van der Waals surface area (Å²) in [4.78, 5) is 24.4. The maximum absolute atomic E-state index is 14.3. The molecule has 0 fully saturated rings. The van der Waals surface area contributed by atoms with Crippen LogP contribution in [0.1, 0.15) is 28.4 Å². The van der Waals surface area contributed by atoms with E-state index in [1.807, 2.05) is 0 Å². The minimum atomic E-state index is -4.89. The molecule has 1 unspecified atom stereocenters. The topological polar surface area (TPSA) is 64.6 Å². The molecule has 1 amide bonds. The van der Waals surface area contributed by atoms with Gasteiger partial charge in [0.15, 0.2) is 0 Å². The average molecular weight is 462 g/mol. The molecule has 0 bridgehead atoms. The lowest BCUT2D eigenvalue weighted by atomic mass is 9.92. The summed E-state index contributed by atoms with van der Waals surface area (Å²) in [5, 5.41) is 2.37. The van der Waals surface area contributed by atoms with Gasteiger partial charge in [0.05, 0.1) is 23.9 Å². The first-order valence-electron chi connectivity index (χ1n) is 7.77. The van der Waals surface area contributed by atoms with Crippen LogP contribution in [-0.2, 0) is 21.3 Å². The van der Waals surface area contributed by atoms with E-state index in [-0.39, 0.29) is 17.0 Å². The van der Waals surface area contributed by atoms with Crippen molar-refractivity contribution in [1.82, 2.24) is 0 Å². The maximum atomic E-state index is 14.3. The van der Waals surface area contributed by atoms with Gasteiger partial charge in [-0.2, -0.15) is 13.2 Å². The lowest BCUT2D eigenvalue weighted by Crippen LogP contribution is -2.46. The lowest BCUT2D eigenvalue weighted by Gasteiger charge is -2.35. The molecule has 148 valence electrons. The molecule has 1 aliphatic heterocycles. The van der Waals surface area contributed by atoms with Crippen LogP contribution >= 0.6 is 15.9 Å². The highest BCUT2D eigenvalue weighted by Gasteiger charge is 2.46. The molecular formula is C18H12BrF4NO4. The molecule has 3 rings (SSSR count). The Hall–Kier alpha value is -2.62. The number of carbonyl (C=O) groups is 2. The third-order valence-corrected chi connectivity index (χ3v) is 4.76. The average Bonchev–Trinajstić information content (AvgIpc) is 2.62. The first kappa shape index (κ1) is 20.1. The molecule has 2 aromatic rings. The number of halogens is 5. The van der Waals surface area contributed by atoms with Gasteiger partial charge < -0.3 is 14.8 Å². The van der Waals surface area contributed by atoms with E-state index in [9.17, 15) is 27.2 Å². The molecule has 0 aromatic heterocycles. The van der Waals surface area contributed by atoms with Crippen LogP contribution < -0.4 is 10.1 Å². The van der Waals surface area contributed by atoms with Gasteiger partial charge in [-0.3, -0.25) is 4.79 Å². The summed E-state index contributed by atoms with van der Waals surface area (Å²) in [6.07, 6.45) is -4.89. The Labute approximate surface area is 164 Å². The number of hydrogen-bond acceptors (Lipinski definition) is 4. The molecule has 2 aromatic carbocycles. The minimum Gasteiger partial charge on any atom is -0.471 e. The zero-order chi connectivity index (χ0) is 20.9. The van der Waals surface area contributed by atoms with Gasteiger partial charge in [-0.25, -0.2) is 9.18 Å². The number of amides is 1. The molecular weight excluding hydrogens is 450 g/mol. The van der Waals surface area contributed by atoms with Crippen LogP contribution in [0.2, 0.25) is 0 Å². The van der Waals surface area contributed by atoms with Gasteiger partial charge in [-0.1, -0.05) is 15.9 Å². The molecule has 0 aliphatic carbocycles. The Morgan fingerprint density at radius 2 is 1.93 bits per heavy atom. The standard InChI is InChI=1S/C18H12BrF4NO4/c1-17(11-5-8(19)3-4-12(11)20)16(26)24-13-6-9(15(25)27-2)10(18(21,22)23)7-14(13)28-17/h3-7H,1-2H3,(H,24,26). The fraction of sp³-hybridized carbons (Fsp3) is 0.222. The summed E-state index contributed by atoms with van der Waals surface area (Å²) in [5.41, 5.74) is -4.35. The Kier molecular flexibility index (Phi) is 4.86. The van der Waals surface area contributed by atoms with Crippen LogP contribution in [0.15, 0.2) is 34.8 Å². The van der Waals surface area contributed by atoms with Gasteiger partial charge >= 0.3 is 12.1 Å². The van der Waals surface area contributed by atoms with Crippen LogP contribution in [0.25, 0.3) is 0 Å². The number of rotatable bonds is 2. The van der Waals surface area contributed by atoms with Gasteiger partial charge in [0.2, 0.25) is 5.60 Å². The number of carbonyl (C=O) groups excluding carboxylic acids is 2. The minimum absolute atomic E-state index is 0.161. The van der Waals surface area contributed by atoms with Crippen molar-refractivity contribution in [3.63, 3.8) is 0 Å². The van der Waals surface area contributed by atoms with E-state index < -0.39 is 40.6 Å². The molecule has 1 aliphatic rings. The van der Waals surface area contributed by atoms with E-state index in [2.05, 4.69) is 26.0 Å². The summed E-state index contributed by atoms with van der Waals surface area (Å²) < 4.78 is 64.9. The highest BCUT2D eigenvalue weighted by molar-refractivity contribution is 9.10. The smallest absolute Gasteiger partial charge is 0.417 e. The third kappa shape index (κ3) is 3.32. The van der Waals surface area contributed by atoms with Gasteiger partial charge in [-0.15, -0.1) is 0 Å². The first-order valence-corrected chi connectivity index (χ1v) is 8.56. The normalized spacial score (nSPS) is 18.8. The molecule has 1 heterocycles. The summed E-state index contributed by atoms with van der Waals surface area (Å²) in [6, 6.07) is 5.20. The second kappa shape index (κ2) is 6.77. The molecule has 0 spiro atoms.